The number of amides is 1. The molecule has 2 rings (SSSR count). The van der Waals surface area contributed by atoms with E-state index in [0.717, 1.165) is 18.5 Å². The Kier molecular flexibility index (Phi) is 6.99. The Hall–Kier alpha value is -1.10. The van der Waals surface area contributed by atoms with E-state index < -0.39 is 0 Å². The second kappa shape index (κ2) is 8.25. The van der Waals surface area contributed by atoms with E-state index in [-0.39, 0.29) is 18.3 Å². The van der Waals surface area contributed by atoms with Crippen molar-refractivity contribution >= 4 is 18.3 Å². The predicted octanol–water partition coefficient (Wildman–Crippen LogP) is 1.39. The molecule has 0 spiro atoms. The zero-order valence-electron chi connectivity index (χ0n) is 11.9. The first kappa shape index (κ1) is 17.0. The van der Waals surface area contributed by atoms with Gasteiger partial charge in [0.2, 0.25) is 5.91 Å². The molecule has 1 heterocycles. The molecule has 112 valence electrons. The molecule has 0 bridgehead atoms. The van der Waals surface area contributed by atoms with Crippen LogP contribution < -0.4 is 11.1 Å². The molecule has 1 amide bonds. The van der Waals surface area contributed by atoms with Gasteiger partial charge in [-0.15, -0.1) is 12.4 Å². The van der Waals surface area contributed by atoms with Crippen LogP contribution >= 0.6 is 12.4 Å². The third-order valence-electron chi connectivity index (χ3n) is 3.80. The molecule has 1 saturated heterocycles. The van der Waals surface area contributed by atoms with Crippen molar-refractivity contribution in [2.45, 2.75) is 25.9 Å². The average Bonchev–Trinajstić information content (AvgIpc) is 2.78. The second-order valence-electron chi connectivity index (χ2n) is 5.38. The SMILES string of the molecule is CC1CC(CN)CN1CC(=O)NCc1ccccc1.Cl. The molecule has 0 radical (unpaired) electrons. The summed E-state index contributed by atoms with van der Waals surface area (Å²) in [4.78, 5) is 14.1. The monoisotopic (exact) mass is 297 g/mol. The minimum absolute atomic E-state index is 0. The number of likely N-dealkylation sites (tertiary alicyclic amines) is 1. The van der Waals surface area contributed by atoms with Gasteiger partial charge in [0, 0.05) is 19.1 Å². The molecule has 2 unspecified atom stereocenters. The second-order valence-corrected chi connectivity index (χ2v) is 5.38. The van der Waals surface area contributed by atoms with Gasteiger partial charge in [0.1, 0.15) is 0 Å². The van der Waals surface area contributed by atoms with Crippen LogP contribution in [-0.2, 0) is 11.3 Å². The summed E-state index contributed by atoms with van der Waals surface area (Å²) >= 11 is 0. The molecule has 0 saturated carbocycles. The van der Waals surface area contributed by atoms with Gasteiger partial charge in [0.25, 0.3) is 0 Å². The Morgan fingerprint density at radius 3 is 2.70 bits per heavy atom. The summed E-state index contributed by atoms with van der Waals surface area (Å²) in [6.45, 7) is 4.90. The highest BCUT2D eigenvalue weighted by molar-refractivity contribution is 5.85. The molecule has 5 heteroatoms. The summed E-state index contributed by atoms with van der Waals surface area (Å²) in [6, 6.07) is 10.4. The zero-order chi connectivity index (χ0) is 13.7. The number of nitrogens with two attached hydrogens (primary N) is 1. The molecule has 1 aromatic carbocycles. The van der Waals surface area contributed by atoms with Crippen molar-refractivity contribution in [1.82, 2.24) is 10.2 Å². The Morgan fingerprint density at radius 2 is 2.10 bits per heavy atom. The number of nitrogens with zero attached hydrogens (tertiary/aromatic N) is 1. The average molecular weight is 298 g/mol. The number of benzene rings is 1. The number of hydrogen-bond donors (Lipinski definition) is 2. The van der Waals surface area contributed by atoms with Gasteiger partial charge in [-0.3, -0.25) is 9.69 Å². The van der Waals surface area contributed by atoms with Gasteiger partial charge in [0.05, 0.1) is 6.54 Å². The van der Waals surface area contributed by atoms with Crippen LogP contribution in [0.2, 0.25) is 0 Å². The van der Waals surface area contributed by atoms with Crippen molar-refractivity contribution in [2.24, 2.45) is 11.7 Å². The fourth-order valence-corrected chi connectivity index (χ4v) is 2.65. The third kappa shape index (κ3) is 4.78. The van der Waals surface area contributed by atoms with Gasteiger partial charge in [-0.25, -0.2) is 0 Å². The molecule has 20 heavy (non-hydrogen) atoms. The van der Waals surface area contributed by atoms with Crippen LogP contribution in [0.1, 0.15) is 18.9 Å². The van der Waals surface area contributed by atoms with Crippen LogP contribution in [0.5, 0.6) is 0 Å². The smallest absolute Gasteiger partial charge is 0.234 e. The minimum atomic E-state index is 0. The van der Waals surface area contributed by atoms with Gasteiger partial charge in [-0.1, -0.05) is 30.3 Å². The Morgan fingerprint density at radius 1 is 1.40 bits per heavy atom. The third-order valence-corrected chi connectivity index (χ3v) is 3.80. The van der Waals surface area contributed by atoms with Gasteiger partial charge in [0.15, 0.2) is 0 Å². The Balaban J connectivity index is 0.00000200. The van der Waals surface area contributed by atoms with Crippen LogP contribution in [0, 0.1) is 5.92 Å². The van der Waals surface area contributed by atoms with Gasteiger partial charge in [-0.05, 0) is 31.4 Å². The maximum atomic E-state index is 11.9. The first-order valence-corrected chi connectivity index (χ1v) is 6.93. The summed E-state index contributed by atoms with van der Waals surface area (Å²) in [5.74, 6) is 0.630. The van der Waals surface area contributed by atoms with Gasteiger partial charge >= 0.3 is 0 Å². The molecule has 1 aliphatic rings. The molecule has 3 N–H and O–H groups in total. The largest absolute Gasteiger partial charge is 0.351 e. The highest BCUT2D eigenvalue weighted by Gasteiger charge is 2.29. The summed E-state index contributed by atoms with van der Waals surface area (Å²) in [6.07, 6.45) is 1.10. The number of hydrogen-bond acceptors (Lipinski definition) is 3. The highest BCUT2D eigenvalue weighted by atomic mass is 35.5. The molecule has 1 aromatic rings. The maximum absolute atomic E-state index is 11.9. The topological polar surface area (TPSA) is 58.4 Å². The lowest BCUT2D eigenvalue weighted by Crippen LogP contribution is -2.39. The maximum Gasteiger partial charge on any atom is 0.234 e. The van der Waals surface area contributed by atoms with Crippen LogP contribution in [0.4, 0.5) is 0 Å². The molecular weight excluding hydrogens is 274 g/mol. The molecule has 1 fully saturated rings. The standard InChI is InChI=1S/C15H23N3O.ClH/c1-12-7-14(8-16)10-18(12)11-15(19)17-9-13-5-3-2-4-6-13;/h2-6,12,14H,7-11,16H2,1H3,(H,17,19);1H. The number of rotatable bonds is 5. The van der Waals surface area contributed by atoms with E-state index >= 15 is 0 Å². The number of carbonyl (C=O) groups excluding carboxylic acids is 1. The summed E-state index contributed by atoms with van der Waals surface area (Å²) in [5, 5.41) is 2.97. The van der Waals surface area contributed by atoms with E-state index in [9.17, 15) is 4.79 Å². The molecule has 4 nitrogen and oxygen atoms in total. The molecule has 0 aromatic heterocycles. The summed E-state index contributed by atoms with van der Waals surface area (Å²) < 4.78 is 0. The van der Waals surface area contributed by atoms with Crippen molar-refractivity contribution in [3.8, 4) is 0 Å². The lowest BCUT2D eigenvalue weighted by Gasteiger charge is -2.20. The highest BCUT2D eigenvalue weighted by Crippen LogP contribution is 2.21. The number of halogens is 1. The van der Waals surface area contributed by atoms with E-state index in [4.69, 9.17) is 5.73 Å². The lowest BCUT2D eigenvalue weighted by molar-refractivity contribution is -0.122. The summed E-state index contributed by atoms with van der Waals surface area (Å²) in [7, 11) is 0. The van der Waals surface area contributed by atoms with E-state index in [1.165, 1.54) is 0 Å². The molecule has 0 aliphatic carbocycles. The van der Waals surface area contributed by atoms with E-state index in [1.807, 2.05) is 30.3 Å². The predicted molar refractivity (Wildman–Crippen MR) is 83.7 cm³/mol. The van der Waals surface area contributed by atoms with Crippen molar-refractivity contribution in [3.63, 3.8) is 0 Å². The van der Waals surface area contributed by atoms with Crippen molar-refractivity contribution in [2.75, 3.05) is 19.6 Å². The normalized spacial score (nSPS) is 22.3. The zero-order valence-corrected chi connectivity index (χ0v) is 12.7. The van der Waals surface area contributed by atoms with Crippen molar-refractivity contribution in [3.05, 3.63) is 35.9 Å². The minimum Gasteiger partial charge on any atom is -0.351 e. The first-order valence-electron chi connectivity index (χ1n) is 6.93. The molecular formula is C15H24ClN3O. The van der Waals surface area contributed by atoms with E-state index in [1.54, 1.807) is 0 Å². The number of carbonyl (C=O) groups is 1. The Bertz CT molecular complexity index is 413. The lowest BCUT2D eigenvalue weighted by atomic mass is 10.1. The van der Waals surface area contributed by atoms with Gasteiger partial charge in [-0.2, -0.15) is 0 Å². The van der Waals surface area contributed by atoms with Crippen molar-refractivity contribution < 1.29 is 4.79 Å². The Labute approximate surface area is 127 Å². The fraction of sp³-hybridized carbons (Fsp3) is 0.533. The van der Waals surface area contributed by atoms with Gasteiger partial charge < -0.3 is 11.1 Å². The van der Waals surface area contributed by atoms with Crippen LogP contribution in [0.15, 0.2) is 30.3 Å². The van der Waals surface area contributed by atoms with Crippen molar-refractivity contribution in [1.29, 1.82) is 0 Å². The van der Waals surface area contributed by atoms with Crippen LogP contribution in [0.25, 0.3) is 0 Å². The quantitative estimate of drug-likeness (QED) is 0.863. The van der Waals surface area contributed by atoms with E-state index in [0.29, 0.717) is 31.6 Å². The van der Waals surface area contributed by atoms with E-state index in [2.05, 4.69) is 17.1 Å². The molecule has 1 aliphatic heterocycles. The summed E-state index contributed by atoms with van der Waals surface area (Å²) in [5.41, 5.74) is 6.83. The molecule has 2 atom stereocenters. The van der Waals surface area contributed by atoms with Crippen LogP contribution in [0.3, 0.4) is 0 Å². The fourth-order valence-electron chi connectivity index (χ4n) is 2.65. The number of nitrogens with one attached hydrogen (secondary N) is 1. The first-order chi connectivity index (χ1) is 9.19. The van der Waals surface area contributed by atoms with Crippen LogP contribution in [-0.4, -0.2) is 36.5 Å².